The van der Waals surface area contributed by atoms with Crippen molar-refractivity contribution in [2.24, 2.45) is 5.92 Å². The highest BCUT2D eigenvalue weighted by Crippen LogP contribution is 2.33. The maximum Gasteiger partial charge on any atom is 0.238 e. The second kappa shape index (κ2) is 11.3. The average Bonchev–Trinajstić information content (AvgIpc) is 3.61. The number of anilines is 1. The number of amides is 1. The third kappa shape index (κ3) is 6.54. The number of benzene rings is 2. The summed E-state index contributed by atoms with van der Waals surface area (Å²) in [5.74, 6) is 1.01. The zero-order chi connectivity index (χ0) is 24.9. The second-order valence-electron chi connectivity index (χ2n) is 9.56. The molecule has 2 heterocycles. The number of ether oxygens (including phenoxy) is 1. The van der Waals surface area contributed by atoms with Crippen molar-refractivity contribution in [1.29, 1.82) is 0 Å². The molecule has 2 fully saturated rings. The fraction of sp³-hybridized carbons (Fsp3) is 0.407. The molecule has 1 amide bonds. The lowest BCUT2D eigenvalue weighted by Gasteiger charge is -2.31. The third-order valence-corrected chi connectivity index (χ3v) is 7.48. The maximum absolute atomic E-state index is 13.1. The van der Waals surface area contributed by atoms with Gasteiger partial charge < -0.3 is 15.0 Å². The lowest BCUT2D eigenvalue weighted by atomic mass is 10.1. The smallest absolute Gasteiger partial charge is 0.238 e. The van der Waals surface area contributed by atoms with E-state index < -0.39 is 0 Å². The molecule has 0 spiro atoms. The summed E-state index contributed by atoms with van der Waals surface area (Å²) in [4.78, 5) is 30.4. The Balaban J connectivity index is 1.27. The van der Waals surface area contributed by atoms with Crippen LogP contribution in [0, 0.1) is 5.92 Å². The van der Waals surface area contributed by atoms with Gasteiger partial charge in [0.05, 0.1) is 25.3 Å². The number of carbonyl (C=O) groups is 2. The van der Waals surface area contributed by atoms with Crippen molar-refractivity contribution in [2.45, 2.75) is 19.3 Å². The summed E-state index contributed by atoms with van der Waals surface area (Å²) >= 11 is 1.42. The lowest BCUT2D eigenvalue weighted by Crippen LogP contribution is -2.47. The minimum absolute atomic E-state index is 0.0749. The predicted molar refractivity (Wildman–Crippen MR) is 141 cm³/mol. The van der Waals surface area contributed by atoms with E-state index in [9.17, 15) is 9.59 Å². The minimum atomic E-state index is -0.1000. The van der Waals surface area contributed by atoms with Gasteiger partial charge in [-0.15, -0.1) is 10.2 Å². The number of likely N-dealkylation sites (N-methyl/N-ethyl adjacent to an activating group) is 1. The second-order valence-corrected chi connectivity index (χ2v) is 10.6. The number of nitrogens with one attached hydrogen (secondary N) is 1. The molecule has 0 unspecified atom stereocenters. The van der Waals surface area contributed by atoms with Crippen LogP contribution < -0.4 is 10.1 Å². The van der Waals surface area contributed by atoms with Gasteiger partial charge in [-0.3, -0.25) is 14.5 Å². The van der Waals surface area contributed by atoms with Gasteiger partial charge in [0, 0.05) is 37.3 Å². The molecule has 1 saturated heterocycles. The summed E-state index contributed by atoms with van der Waals surface area (Å²) < 4.78 is 6.00. The molecule has 2 aliphatic rings. The van der Waals surface area contributed by atoms with Crippen molar-refractivity contribution in [3.05, 3.63) is 59.1 Å². The number of Topliss-reactive ketones (excluding diaryl/α,β-unsaturated/α-hetero) is 1. The quantitative estimate of drug-likeness (QED) is 0.421. The van der Waals surface area contributed by atoms with Crippen LogP contribution in [0.3, 0.4) is 0 Å². The maximum atomic E-state index is 13.1. The molecule has 1 aliphatic heterocycles. The Morgan fingerprint density at radius 1 is 1.06 bits per heavy atom. The predicted octanol–water partition coefficient (Wildman–Crippen LogP) is 3.61. The highest BCUT2D eigenvalue weighted by Gasteiger charge is 2.24. The molecule has 1 aromatic heterocycles. The summed E-state index contributed by atoms with van der Waals surface area (Å²) in [6, 6.07) is 15.1. The van der Waals surface area contributed by atoms with Gasteiger partial charge in [-0.2, -0.15) is 0 Å². The Labute approximate surface area is 215 Å². The standard InChI is InChI=1S/C27H31N5O3S/c1-31-11-13-32(14-12-31)17-25(34)28-22-15-21(9-10-24(22)35-18-19-7-8-19)23(33)16-26-29-30-27(36-26)20-5-3-2-4-6-20/h2-6,9-10,15,19H,7-8,11-14,16-18H2,1H3,(H,28,34). The van der Waals surface area contributed by atoms with Gasteiger partial charge in [0.15, 0.2) is 5.78 Å². The van der Waals surface area contributed by atoms with E-state index in [0.29, 0.717) is 41.1 Å². The molecule has 0 bridgehead atoms. The zero-order valence-corrected chi connectivity index (χ0v) is 21.3. The first-order valence-corrected chi connectivity index (χ1v) is 13.2. The summed E-state index contributed by atoms with van der Waals surface area (Å²) in [7, 11) is 2.09. The van der Waals surface area contributed by atoms with Crippen molar-refractivity contribution >= 4 is 28.7 Å². The van der Waals surface area contributed by atoms with Crippen LogP contribution in [0.2, 0.25) is 0 Å². The van der Waals surface area contributed by atoms with E-state index in [-0.39, 0.29) is 18.1 Å². The van der Waals surface area contributed by atoms with Gasteiger partial charge in [-0.05, 0) is 44.0 Å². The van der Waals surface area contributed by atoms with Crippen LogP contribution >= 0.6 is 11.3 Å². The van der Waals surface area contributed by atoms with Crippen LogP contribution in [0.25, 0.3) is 10.6 Å². The average molecular weight is 506 g/mol. The summed E-state index contributed by atoms with van der Waals surface area (Å²) in [5.41, 5.74) is 2.04. The molecular formula is C27H31N5O3S. The first kappa shape index (κ1) is 24.5. The van der Waals surface area contributed by atoms with Crippen molar-refractivity contribution in [3.8, 4) is 16.3 Å². The Bertz CT molecular complexity index is 1200. The van der Waals surface area contributed by atoms with E-state index in [4.69, 9.17) is 4.74 Å². The van der Waals surface area contributed by atoms with Gasteiger partial charge >= 0.3 is 0 Å². The number of piperazine rings is 1. The van der Waals surface area contributed by atoms with E-state index >= 15 is 0 Å². The molecule has 1 aliphatic carbocycles. The largest absolute Gasteiger partial charge is 0.491 e. The Hall–Kier alpha value is -3.14. The first-order chi connectivity index (χ1) is 17.5. The lowest BCUT2D eigenvalue weighted by molar-refractivity contribution is -0.117. The number of hydrogen-bond donors (Lipinski definition) is 1. The van der Waals surface area contributed by atoms with Crippen LogP contribution in [-0.4, -0.2) is 78.1 Å². The molecule has 9 heteroatoms. The van der Waals surface area contributed by atoms with Gasteiger partial charge in [0.25, 0.3) is 0 Å². The van der Waals surface area contributed by atoms with Crippen molar-refractivity contribution < 1.29 is 14.3 Å². The van der Waals surface area contributed by atoms with Crippen molar-refractivity contribution in [3.63, 3.8) is 0 Å². The Morgan fingerprint density at radius 2 is 1.83 bits per heavy atom. The summed E-state index contributed by atoms with van der Waals surface area (Å²) in [5, 5.41) is 12.9. The number of ketones is 1. The van der Waals surface area contributed by atoms with E-state index in [1.54, 1.807) is 18.2 Å². The molecule has 2 aromatic carbocycles. The minimum Gasteiger partial charge on any atom is -0.491 e. The topological polar surface area (TPSA) is 87.7 Å². The normalized spacial score (nSPS) is 16.6. The van der Waals surface area contributed by atoms with Crippen LogP contribution in [0.5, 0.6) is 5.75 Å². The Morgan fingerprint density at radius 3 is 2.58 bits per heavy atom. The zero-order valence-electron chi connectivity index (χ0n) is 20.5. The number of nitrogens with zero attached hydrogens (tertiary/aromatic N) is 4. The van der Waals surface area contributed by atoms with E-state index in [0.717, 1.165) is 36.8 Å². The van der Waals surface area contributed by atoms with Crippen LogP contribution in [0.4, 0.5) is 5.69 Å². The van der Waals surface area contributed by atoms with Crippen LogP contribution in [0.15, 0.2) is 48.5 Å². The van der Waals surface area contributed by atoms with Gasteiger partial charge in [-0.25, -0.2) is 0 Å². The summed E-state index contributed by atoms with van der Waals surface area (Å²) in [6.45, 7) is 4.57. The van der Waals surface area contributed by atoms with E-state index in [1.165, 1.54) is 24.2 Å². The number of hydrogen-bond acceptors (Lipinski definition) is 8. The number of carbonyl (C=O) groups excluding carboxylic acids is 2. The fourth-order valence-electron chi connectivity index (χ4n) is 4.08. The highest BCUT2D eigenvalue weighted by atomic mass is 32.1. The molecule has 0 atom stereocenters. The molecule has 1 saturated carbocycles. The van der Waals surface area contributed by atoms with Gasteiger partial charge in [0.1, 0.15) is 15.8 Å². The molecule has 3 aromatic rings. The molecule has 1 N–H and O–H groups in total. The van der Waals surface area contributed by atoms with E-state index in [2.05, 4.69) is 32.4 Å². The first-order valence-electron chi connectivity index (χ1n) is 12.4. The van der Waals surface area contributed by atoms with Crippen LogP contribution in [-0.2, 0) is 11.2 Å². The summed E-state index contributed by atoms with van der Waals surface area (Å²) in [6.07, 6.45) is 2.50. The number of rotatable bonds is 10. The van der Waals surface area contributed by atoms with Crippen molar-refractivity contribution in [2.75, 3.05) is 51.7 Å². The highest BCUT2D eigenvalue weighted by molar-refractivity contribution is 7.14. The molecular weight excluding hydrogens is 474 g/mol. The fourth-order valence-corrected chi connectivity index (χ4v) is 4.92. The molecule has 5 rings (SSSR count). The van der Waals surface area contributed by atoms with Crippen LogP contribution in [0.1, 0.15) is 28.2 Å². The number of aromatic nitrogens is 2. The molecule has 8 nitrogen and oxygen atoms in total. The Kier molecular flexibility index (Phi) is 7.69. The third-order valence-electron chi connectivity index (χ3n) is 6.51. The monoisotopic (exact) mass is 505 g/mol. The molecule has 36 heavy (non-hydrogen) atoms. The molecule has 188 valence electrons. The molecule has 0 radical (unpaired) electrons. The van der Waals surface area contributed by atoms with Crippen molar-refractivity contribution in [1.82, 2.24) is 20.0 Å². The SMILES string of the molecule is CN1CCN(CC(=O)Nc2cc(C(=O)Cc3nnc(-c4ccccc4)s3)ccc2OCC2CC2)CC1. The van der Waals surface area contributed by atoms with E-state index in [1.807, 2.05) is 30.3 Å². The van der Waals surface area contributed by atoms with Gasteiger partial charge in [0.2, 0.25) is 5.91 Å². The van der Waals surface area contributed by atoms with Gasteiger partial charge in [-0.1, -0.05) is 41.7 Å².